The van der Waals surface area contributed by atoms with E-state index in [9.17, 15) is 5.11 Å². The van der Waals surface area contributed by atoms with Crippen molar-refractivity contribution in [1.82, 2.24) is 9.97 Å². The Hall–Kier alpha value is -2.21. The summed E-state index contributed by atoms with van der Waals surface area (Å²) in [5, 5.41) is 13.3. The average molecular weight is 296 g/mol. The molecule has 0 unspecified atom stereocenters. The van der Waals surface area contributed by atoms with Crippen LogP contribution in [0.25, 0.3) is 0 Å². The SMILES string of the molecule is COc1cc(CNc2ncncc2Cl)cc(OC)c1O. The van der Waals surface area contributed by atoms with Gasteiger partial charge in [-0.1, -0.05) is 11.6 Å². The Morgan fingerprint density at radius 3 is 2.45 bits per heavy atom. The monoisotopic (exact) mass is 295 g/mol. The van der Waals surface area contributed by atoms with Gasteiger partial charge < -0.3 is 19.9 Å². The standard InChI is InChI=1S/C13H14ClN3O3/c1-19-10-3-8(4-11(20-2)12(10)18)5-16-13-9(14)6-15-7-17-13/h3-4,6-7,18H,5H2,1-2H3,(H,15,16,17). The van der Waals surface area contributed by atoms with Crippen molar-refractivity contribution in [1.29, 1.82) is 0 Å². The van der Waals surface area contributed by atoms with Crippen molar-refractivity contribution in [2.24, 2.45) is 0 Å². The number of hydrogen-bond donors (Lipinski definition) is 2. The van der Waals surface area contributed by atoms with Crippen LogP contribution in [0.4, 0.5) is 5.82 Å². The Labute approximate surface area is 121 Å². The third-order valence-corrected chi connectivity index (χ3v) is 2.94. The highest BCUT2D eigenvalue weighted by molar-refractivity contribution is 6.32. The molecule has 0 aliphatic carbocycles. The van der Waals surface area contributed by atoms with Crippen molar-refractivity contribution in [3.05, 3.63) is 35.2 Å². The molecule has 20 heavy (non-hydrogen) atoms. The van der Waals surface area contributed by atoms with Crippen LogP contribution in [0.15, 0.2) is 24.7 Å². The fraction of sp³-hybridized carbons (Fsp3) is 0.231. The van der Waals surface area contributed by atoms with Crippen LogP contribution >= 0.6 is 11.6 Å². The summed E-state index contributed by atoms with van der Waals surface area (Å²) in [5.74, 6) is 1.19. The number of aromatic nitrogens is 2. The predicted molar refractivity (Wildman–Crippen MR) is 75.6 cm³/mol. The van der Waals surface area contributed by atoms with Gasteiger partial charge in [0.05, 0.1) is 20.4 Å². The zero-order valence-electron chi connectivity index (χ0n) is 11.1. The summed E-state index contributed by atoms with van der Waals surface area (Å²) in [4.78, 5) is 7.84. The molecule has 1 aromatic carbocycles. The van der Waals surface area contributed by atoms with Gasteiger partial charge >= 0.3 is 0 Å². The summed E-state index contributed by atoms with van der Waals surface area (Å²) in [6, 6.07) is 3.42. The minimum absolute atomic E-state index is 0.0289. The number of nitrogens with zero attached hydrogens (tertiary/aromatic N) is 2. The minimum Gasteiger partial charge on any atom is -0.502 e. The molecule has 0 amide bonds. The summed E-state index contributed by atoms with van der Waals surface area (Å²) >= 11 is 5.96. The maximum atomic E-state index is 9.83. The van der Waals surface area contributed by atoms with E-state index in [-0.39, 0.29) is 5.75 Å². The van der Waals surface area contributed by atoms with Crippen LogP contribution in [0.5, 0.6) is 17.2 Å². The fourth-order valence-corrected chi connectivity index (χ4v) is 1.85. The van der Waals surface area contributed by atoms with Crippen molar-refractivity contribution in [2.75, 3.05) is 19.5 Å². The molecule has 7 heteroatoms. The van der Waals surface area contributed by atoms with E-state index in [1.807, 2.05) is 0 Å². The molecule has 2 rings (SSSR count). The second-order valence-corrected chi connectivity index (χ2v) is 4.33. The summed E-state index contributed by atoms with van der Waals surface area (Å²) in [5.41, 5.74) is 0.853. The highest BCUT2D eigenvalue weighted by Crippen LogP contribution is 2.37. The first-order valence-electron chi connectivity index (χ1n) is 5.79. The topological polar surface area (TPSA) is 76.5 Å². The van der Waals surface area contributed by atoms with Gasteiger partial charge in [-0.2, -0.15) is 0 Å². The fourth-order valence-electron chi connectivity index (χ4n) is 1.68. The van der Waals surface area contributed by atoms with E-state index in [4.69, 9.17) is 21.1 Å². The van der Waals surface area contributed by atoms with Crippen molar-refractivity contribution >= 4 is 17.4 Å². The number of phenols is 1. The van der Waals surface area contributed by atoms with E-state index >= 15 is 0 Å². The van der Waals surface area contributed by atoms with Crippen LogP contribution in [0.1, 0.15) is 5.56 Å². The van der Waals surface area contributed by atoms with E-state index in [2.05, 4.69) is 15.3 Å². The molecule has 0 radical (unpaired) electrons. The summed E-state index contributed by atoms with van der Waals surface area (Å²) in [6.07, 6.45) is 2.92. The smallest absolute Gasteiger partial charge is 0.200 e. The molecule has 0 spiro atoms. The van der Waals surface area contributed by atoms with E-state index in [0.717, 1.165) is 5.56 Å². The number of rotatable bonds is 5. The zero-order chi connectivity index (χ0) is 14.5. The number of ether oxygens (including phenoxy) is 2. The Balaban J connectivity index is 2.19. The number of aromatic hydroxyl groups is 1. The van der Waals surface area contributed by atoms with Crippen LogP contribution in [-0.4, -0.2) is 29.3 Å². The quantitative estimate of drug-likeness (QED) is 0.882. The van der Waals surface area contributed by atoms with E-state index < -0.39 is 0 Å². The van der Waals surface area contributed by atoms with Gasteiger partial charge in [-0.25, -0.2) is 9.97 Å². The molecule has 0 bridgehead atoms. The number of benzene rings is 1. The van der Waals surface area contributed by atoms with Crippen LogP contribution in [0.3, 0.4) is 0 Å². The highest BCUT2D eigenvalue weighted by Gasteiger charge is 2.11. The number of halogens is 1. The second kappa shape index (κ2) is 6.29. The molecular weight excluding hydrogens is 282 g/mol. The van der Waals surface area contributed by atoms with Gasteiger partial charge in [0.25, 0.3) is 0 Å². The molecule has 106 valence electrons. The molecule has 0 fully saturated rings. The van der Waals surface area contributed by atoms with E-state index in [1.54, 1.807) is 12.1 Å². The van der Waals surface area contributed by atoms with E-state index in [0.29, 0.717) is 28.9 Å². The molecule has 6 nitrogen and oxygen atoms in total. The number of methoxy groups -OCH3 is 2. The third kappa shape index (κ3) is 3.03. The van der Waals surface area contributed by atoms with Gasteiger partial charge in [-0.15, -0.1) is 0 Å². The number of nitrogens with one attached hydrogen (secondary N) is 1. The zero-order valence-corrected chi connectivity index (χ0v) is 11.8. The van der Waals surface area contributed by atoms with Crippen LogP contribution in [0.2, 0.25) is 5.02 Å². The van der Waals surface area contributed by atoms with Gasteiger partial charge in [0.15, 0.2) is 11.5 Å². The van der Waals surface area contributed by atoms with Gasteiger partial charge in [0.1, 0.15) is 17.2 Å². The largest absolute Gasteiger partial charge is 0.502 e. The summed E-state index contributed by atoms with van der Waals surface area (Å²) < 4.78 is 10.2. The Morgan fingerprint density at radius 2 is 1.90 bits per heavy atom. The van der Waals surface area contributed by atoms with Crippen molar-refractivity contribution in [3.63, 3.8) is 0 Å². The van der Waals surface area contributed by atoms with Gasteiger partial charge in [-0.05, 0) is 17.7 Å². The molecule has 0 saturated carbocycles. The van der Waals surface area contributed by atoms with Crippen LogP contribution < -0.4 is 14.8 Å². The Bertz CT molecular complexity index is 582. The van der Waals surface area contributed by atoms with Crippen molar-refractivity contribution < 1.29 is 14.6 Å². The first-order valence-corrected chi connectivity index (χ1v) is 6.16. The van der Waals surface area contributed by atoms with Crippen LogP contribution in [0, 0.1) is 0 Å². The lowest BCUT2D eigenvalue weighted by Gasteiger charge is -2.12. The first kappa shape index (κ1) is 14.2. The third-order valence-electron chi connectivity index (χ3n) is 2.67. The molecule has 1 aromatic heterocycles. The van der Waals surface area contributed by atoms with Crippen molar-refractivity contribution in [3.8, 4) is 17.2 Å². The number of anilines is 1. The lowest BCUT2D eigenvalue weighted by molar-refractivity contribution is 0.339. The Kier molecular flexibility index (Phi) is 4.47. The number of hydrogen-bond acceptors (Lipinski definition) is 6. The molecule has 0 aliphatic heterocycles. The molecule has 0 atom stereocenters. The van der Waals surface area contributed by atoms with Crippen LogP contribution in [-0.2, 0) is 6.54 Å². The lowest BCUT2D eigenvalue weighted by Crippen LogP contribution is -2.03. The lowest BCUT2D eigenvalue weighted by atomic mass is 10.2. The molecule has 0 aliphatic rings. The summed E-state index contributed by atoms with van der Waals surface area (Å²) in [7, 11) is 2.96. The molecule has 1 heterocycles. The molecule has 0 saturated heterocycles. The molecule has 2 N–H and O–H groups in total. The second-order valence-electron chi connectivity index (χ2n) is 3.92. The molecule has 2 aromatic rings. The van der Waals surface area contributed by atoms with Crippen molar-refractivity contribution in [2.45, 2.75) is 6.54 Å². The Morgan fingerprint density at radius 1 is 1.25 bits per heavy atom. The predicted octanol–water partition coefficient (Wildman–Crippen LogP) is 2.46. The van der Waals surface area contributed by atoms with Gasteiger partial charge in [-0.3, -0.25) is 0 Å². The van der Waals surface area contributed by atoms with Gasteiger partial charge in [0.2, 0.25) is 5.75 Å². The normalized spacial score (nSPS) is 10.2. The first-order chi connectivity index (χ1) is 9.65. The van der Waals surface area contributed by atoms with E-state index in [1.165, 1.54) is 26.7 Å². The summed E-state index contributed by atoms with van der Waals surface area (Å²) in [6.45, 7) is 0.448. The average Bonchev–Trinajstić information content (AvgIpc) is 2.47. The highest BCUT2D eigenvalue weighted by atomic mass is 35.5. The maximum absolute atomic E-state index is 9.83. The number of phenolic OH excluding ortho intramolecular Hbond substituents is 1. The maximum Gasteiger partial charge on any atom is 0.200 e. The minimum atomic E-state index is -0.0289. The molecular formula is C13H14ClN3O3. The van der Waals surface area contributed by atoms with Gasteiger partial charge in [0, 0.05) is 6.54 Å².